The Morgan fingerprint density at radius 3 is 1.86 bits per heavy atom. The Morgan fingerprint density at radius 1 is 0.857 bits per heavy atom. The quantitative estimate of drug-likeness (QED) is 0.743. The number of aromatic hydroxyl groups is 2. The highest BCUT2D eigenvalue weighted by Gasteiger charge is 2.50. The van der Waals surface area contributed by atoms with Crippen molar-refractivity contribution in [1.82, 2.24) is 4.57 Å². The van der Waals surface area contributed by atoms with E-state index in [4.69, 9.17) is 4.74 Å². The van der Waals surface area contributed by atoms with Crippen LogP contribution in [0.3, 0.4) is 0 Å². The third kappa shape index (κ3) is 2.84. The normalized spacial score (nSPS) is 39.3. The third-order valence-electron chi connectivity index (χ3n) is 8.48. The van der Waals surface area contributed by atoms with Gasteiger partial charge >= 0.3 is 5.97 Å². The number of carbonyl (C=O) groups is 1. The van der Waals surface area contributed by atoms with E-state index in [-0.39, 0.29) is 35.8 Å². The van der Waals surface area contributed by atoms with Crippen LogP contribution in [0.4, 0.5) is 0 Å². The van der Waals surface area contributed by atoms with E-state index in [2.05, 4.69) is 0 Å². The van der Waals surface area contributed by atoms with Gasteiger partial charge in [-0.05, 0) is 95.3 Å². The number of hydrogen-bond acceptors (Lipinski definition) is 4. The molecule has 1 aromatic rings. The van der Waals surface area contributed by atoms with Gasteiger partial charge in [0.25, 0.3) is 0 Å². The van der Waals surface area contributed by atoms with Crippen LogP contribution in [0.25, 0.3) is 0 Å². The van der Waals surface area contributed by atoms with Crippen molar-refractivity contribution in [3.63, 3.8) is 0 Å². The second kappa shape index (κ2) is 6.70. The molecule has 5 aliphatic carbocycles. The summed E-state index contributed by atoms with van der Waals surface area (Å²) in [5.41, 5.74) is 1.47. The van der Waals surface area contributed by atoms with Crippen molar-refractivity contribution < 1.29 is 19.7 Å². The highest BCUT2D eigenvalue weighted by Crippen LogP contribution is 2.55. The van der Waals surface area contributed by atoms with Gasteiger partial charge in [-0.15, -0.1) is 0 Å². The first-order valence-corrected chi connectivity index (χ1v) is 11.2. The van der Waals surface area contributed by atoms with E-state index >= 15 is 0 Å². The molecule has 0 saturated heterocycles. The van der Waals surface area contributed by atoms with Crippen LogP contribution in [-0.2, 0) is 9.53 Å². The second-order valence-electron chi connectivity index (χ2n) is 10.1. The van der Waals surface area contributed by atoms with Crippen LogP contribution in [-0.4, -0.2) is 26.9 Å². The van der Waals surface area contributed by atoms with E-state index in [0.717, 1.165) is 48.6 Å². The summed E-state index contributed by atoms with van der Waals surface area (Å²) in [6.07, 6.45) is 9.76. The molecule has 0 unspecified atom stereocenters. The van der Waals surface area contributed by atoms with Gasteiger partial charge in [0.05, 0.1) is 5.92 Å². The zero-order valence-corrected chi connectivity index (χ0v) is 17.1. The molecule has 0 spiro atoms. The third-order valence-corrected chi connectivity index (χ3v) is 8.48. The van der Waals surface area contributed by atoms with Gasteiger partial charge < -0.3 is 14.9 Å². The molecule has 154 valence electrons. The van der Waals surface area contributed by atoms with Crippen molar-refractivity contribution in [3.8, 4) is 11.8 Å². The van der Waals surface area contributed by atoms with Crippen molar-refractivity contribution in [1.29, 1.82) is 0 Å². The molecule has 5 fully saturated rings. The van der Waals surface area contributed by atoms with Gasteiger partial charge in [-0.25, -0.2) is 0 Å². The van der Waals surface area contributed by atoms with Crippen molar-refractivity contribution in [2.24, 2.45) is 29.6 Å². The minimum atomic E-state index is -0.0320. The average molecular weight is 388 g/mol. The van der Waals surface area contributed by atoms with Gasteiger partial charge in [0, 0.05) is 17.2 Å². The van der Waals surface area contributed by atoms with Gasteiger partial charge in [-0.3, -0.25) is 9.36 Å². The molecular formula is C23H33NO4. The van der Waals surface area contributed by atoms with Crippen LogP contribution < -0.4 is 0 Å². The minimum absolute atomic E-state index is 0.00392. The Morgan fingerprint density at radius 2 is 1.36 bits per heavy atom. The van der Waals surface area contributed by atoms with E-state index in [1.165, 1.54) is 32.1 Å². The molecule has 4 bridgehead atoms. The largest absolute Gasteiger partial charge is 0.494 e. The van der Waals surface area contributed by atoms with Crippen LogP contribution in [0, 0.1) is 43.4 Å². The van der Waals surface area contributed by atoms with Gasteiger partial charge in [0.2, 0.25) is 0 Å². The van der Waals surface area contributed by atoms with Crippen molar-refractivity contribution in [2.45, 2.75) is 83.8 Å². The first-order valence-electron chi connectivity index (χ1n) is 11.2. The Labute approximate surface area is 167 Å². The topological polar surface area (TPSA) is 71.7 Å². The van der Waals surface area contributed by atoms with Gasteiger partial charge in [-0.2, -0.15) is 0 Å². The number of aromatic nitrogens is 1. The average Bonchev–Trinajstić information content (AvgIpc) is 2.87. The monoisotopic (exact) mass is 387 g/mol. The SMILES string of the molecule is Cc1c(C)c(O)n(C2CCC(C(=O)OC3C4CC5CC(C4)CC3C5)CC2)c1O. The van der Waals surface area contributed by atoms with E-state index in [1.807, 2.05) is 13.8 Å². The van der Waals surface area contributed by atoms with Crippen LogP contribution in [0.5, 0.6) is 11.8 Å². The summed E-state index contributed by atoms with van der Waals surface area (Å²) >= 11 is 0. The number of nitrogens with zero attached hydrogens (tertiary/aromatic N) is 1. The molecule has 2 N–H and O–H groups in total. The predicted octanol–water partition coefficient (Wildman–Crippen LogP) is 4.62. The fourth-order valence-electron chi connectivity index (χ4n) is 7.01. The first-order chi connectivity index (χ1) is 13.4. The molecule has 5 saturated carbocycles. The maximum absolute atomic E-state index is 12.9. The summed E-state index contributed by atoms with van der Waals surface area (Å²) in [7, 11) is 0. The highest BCUT2D eigenvalue weighted by atomic mass is 16.5. The van der Waals surface area contributed by atoms with Gasteiger partial charge in [0.1, 0.15) is 6.10 Å². The lowest BCUT2D eigenvalue weighted by molar-refractivity contribution is -0.176. The Kier molecular flexibility index (Phi) is 4.40. The number of rotatable bonds is 3. The molecule has 0 atom stereocenters. The maximum atomic E-state index is 12.9. The van der Waals surface area contributed by atoms with E-state index in [9.17, 15) is 15.0 Å². The Bertz CT molecular complexity index is 721. The fraction of sp³-hybridized carbons (Fsp3) is 0.783. The molecule has 6 rings (SSSR count). The number of carbonyl (C=O) groups excluding carboxylic acids is 1. The molecule has 5 nitrogen and oxygen atoms in total. The predicted molar refractivity (Wildman–Crippen MR) is 105 cm³/mol. The lowest BCUT2D eigenvalue weighted by Crippen LogP contribution is -2.50. The smallest absolute Gasteiger partial charge is 0.309 e. The molecule has 0 amide bonds. The molecule has 0 aromatic carbocycles. The zero-order valence-electron chi connectivity index (χ0n) is 17.1. The van der Waals surface area contributed by atoms with Crippen LogP contribution in [0.1, 0.15) is 75.0 Å². The molecular weight excluding hydrogens is 354 g/mol. The molecule has 1 heterocycles. The summed E-state index contributed by atoms with van der Waals surface area (Å²) < 4.78 is 7.79. The highest BCUT2D eigenvalue weighted by molar-refractivity contribution is 5.72. The van der Waals surface area contributed by atoms with E-state index in [1.54, 1.807) is 4.57 Å². The zero-order chi connectivity index (χ0) is 19.6. The fourth-order valence-corrected chi connectivity index (χ4v) is 7.01. The number of hydrogen-bond donors (Lipinski definition) is 2. The van der Waals surface area contributed by atoms with E-state index in [0.29, 0.717) is 11.8 Å². The summed E-state index contributed by atoms with van der Waals surface area (Å²) in [6.45, 7) is 3.66. The van der Waals surface area contributed by atoms with Crippen LogP contribution in [0.2, 0.25) is 0 Å². The minimum Gasteiger partial charge on any atom is -0.494 e. The maximum Gasteiger partial charge on any atom is 0.309 e. The van der Waals surface area contributed by atoms with Crippen molar-refractivity contribution >= 4 is 5.97 Å². The Balaban J connectivity index is 1.21. The molecule has 0 aliphatic heterocycles. The molecule has 5 heteroatoms. The van der Waals surface area contributed by atoms with Gasteiger partial charge in [-0.1, -0.05) is 0 Å². The molecule has 0 radical (unpaired) electrons. The number of esters is 1. The molecule has 5 aliphatic rings. The Hall–Kier alpha value is -1.65. The standard InChI is InChI=1S/C23H33NO4/c1-12-13(2)22(26)24(21(12)25)19-5-3-16(4-6-19)23(27)28-20-17-8-14-7-15(10-17)11-18(20)9-14/h14-20,25-26H,3-11H2,1-2H3. The first kappa shape index (κ1) is 18.4. The molecule has 28 heavy (non-hydrogen) atoms. The molecule has 1 aromatic heterocycles. The summed E-state index contributed by atoms with van der Waals surface area (Å²) in [6, 6.07) is 0.0534. The summed E-state index contributed by atoms with van der Waals surface area (Å²) in [5, 5.41) is 20.7. The van der Waals surface area contributed by atoms with Crippen molar-refractivity contribution in [2.75, 3.05) is 0 Å². The van der Waals surface area contributed by atoms with Gasteiger partial charge in [0.15, 0.2) is 11.8 Å². The summed E-state index contributed by atoms with van der Waals surface area (Å²) in [5.74, 6) is 3.29. The number of ether oxygens (including phenoxy) is 1. The second-order valence-corrected chi connectivity index (χ2v) is 10.1. The summed E-state index contributed by atoms with van der Waals surface area (Å²) in [4.78, 5) is 12.9. The van der Waals surface area contributed by atoms with Crippen LogP contribution in [0.15, 0.2) is 0 Å². The lowest BCUT2D eigenvalue weighted by Gasteiger charge is -2.53. The lowest BCUT2D eigenvalue weighted by atomic mass is 9.55. The van der Waals surface area contributed by atoms with E-state index < -0.39 is 0 Å². The van der Waals surface area contributed by atoms with Crippen LogP contribution >= 0.6 is 0 Å². The van der Waals surface area contributed by atoms with Crippen molar-refractivity contribution in [3.05, 3.63) is 11.1 Å².